The number of hydrogen-bond acceptors (Lipinski definition) is 3. The number of ether oxygens (including phenoxy) is 1. The minimum absolute atomic E-state index is 0.0752. The zero-order valence-corrected chi connectivity index (χ0v) is 11.5. The van der Waals surface area contributed by atoms with Gasteiger partial charge in [-0.2, -0.15) is 13.2 Å². The molecule has 2 saturated heterocycles. The van der Waals surface area contributed by atoms with Crippen LogP contribution in [0.15, 0.2) is 0 Å². The number of carbonyl (C=O) groups is 1. The molecule has 1 amide bonds. The van der Waals surface area contributed by atoms with E-state index in [1.807, 2.05) is 4.90 Å². The second kappa shape index (κ2) is 6.76. The van der Waals surface area contributed by atoms with E-state index in [2.05, 4.69) is 0 Å². The van der Waals surface area contributed by atoms with Gasteiger partial charge in [0.05, 0.1) is 19.1 Å². The van der Waals surface area contributed by atoms with Gasteiger partial charge >= 0.3 is 6.18 Å². The van der Waals surface area contributed by atoms with Crippen molar-refractivity contribution in [1.29, 1.82) is 0 Å². The highest BCUT2D eigenvalue weighted by molar-refractivity contribution is 5.76. The van der Waals surface area contributed by atoms with Gasteiger partial charge in [-0.25, -0.2) is 0 Å². The summed E-state index contributed by atoms with van der Waals surface area (Å²) in [6.07, 6.45) is -3.39. The predicted molar refractivity (Wildman–Crippen MR) is 67.2 cm³/mol. The second-order valence-corrected chi connectivity index (χ2v) is 5.40. The Morgan fingerprint density at radius 3 is 2.25 bits per heavy atom. The molecule has 0 aromatic carbocycles. The van der Waals surface area contributed by atoms with Crippen molar-refractivity contribution in [1.82, 2.24) is 9.80 Å². The number of nitrogens with zero attached hydrogens (tertiary/aromatic N) is 2. The van der Waals surface area contributed by atoms with Crippen LogP contribution in [0.1, 0.15) is 19.3 Å². The van der Waals surface area contributed by atoms with Gasteiger partial charge in [0, 0.05) is 26.1 Å². The number of hydrogen-bond donors (Lipinski definition) is 0. The summed E-state index contributed by atoms with van der Waals surface area (Å²) >= 11 is 0. The van der Waals surface area contributed by atoms with Gasteiger partial charge in [0.2, 0.25) is 5.91 Å². The third-order valence-electron chi connectivity index (χ3n) is 4.06. The quantitative estimate of drug-likeness (QED) is 0.791. The minimum atomic E-state index is -4.07. The molecule has 0 atom stereocenters. The molecule has 2 rings (SSSR count). The molecule has 0 saturated carbocycles. The third-order valence-corrected chi connectivity index (χ3v) is 4.06. The molecule has 2 heterocycles. The Morgan fingerprint density at radius 1 is 1.10 bits per heavy atom. The molecule has 0 radical (unpaired) electrons. The summed E-state index contributed by atoms with van der Waals surface area (Å²) in [5.41, 5.74) is 0. The first-order valence-electron chi connectivity index (χ1n) is 7.11. The van der Waals surface area contributed by atoms with E-state index in [0.29, 0.717) is 52.4 Å². The van der Waals surface area contributed by atoms with Crippen LogP contribution in [0.5, 0.6) is 0 Å². The number of rotatable bonds is 3. The molecule has 0 N–H and O–H groups in total. The Bertz CT molecular complexity index is 322. The van der Waals surface area contributed by atoms with Crippen molar-refractivity contribution in [3.05, 3.63) is 0 Å². The van der Waals surface area contributed by atoms with Crippen molar-refractivity contribution in [2.24, 2.45) is 5.92 Å². The average molecular weight is 294 g/mol. The summed E-state index contributed by atoms with van der Waals surface area (Å²) in [6, 6.07) is 0. The smallest absolute Gasteiger partial charge is 0.378 e. The maximum atomic E-state index is 12.5. The average Bonchev–Trinajstić information content (AvgIpc) is 2.45. The van der Waals surface area contributed by atoms with Gasteiger partial charge in [-0.1, -0.05) is 0 Å². The van der Waals surface area contributed by atoms with Crippen molar-refractivity contribution in [2.45, 2.75) is 25.4 Å². The number of piperidine rings is 1. The fourth-order valence-corrected chi connectivity index (χ4v) is 2.71. The first-order valence-corrected chi connectivity index (χ1v) is 7.11. The molecule has 2 aliphatic heterocycles. The zero-order chi connectivity index (χ0) is 14.6. The highest BCUT2D eigenvalue weighted by Crippen LogP contribution is 2.34. The second-order valence-electron chi connectivity index (χ2n) is 5.40. The highest BCUT2D eigenvalue weighted by Gasteiger charge is 2.40. The summed E-state index contributed by atoms with van der Waals surface area (Å²) in [6.45, 7) is 3.80. The maximum absolute atomic E-state index is 12.5. The zero-order valence-electron chi connectivity index (χ0n) is 11.5. The van der Waals surface area contributed by atoms with Crippen LogP contribution in [-0.4, -0.2) is 67.8 Å². The number of amides is 1. The van der Waals surface area contributed by atoms with E-state index < -0.39 is 12.1 Å². The molecule has 0 aliphatic carbocycles. The third kappa shape index (κ3) is 4.34. The number of carbonyl (C=O) groups excluding carboxylic acids is 1. The van der Waals surface area contributed by atoms with Crippen LogP contribution in [0.4, 0.5) is 13.2 Å². The first-order chi connectivity index (χ1) is 9.47. The number of morpholine rings is 1. The molecule has 0 aromatic rings. The molecule has 4 nitrogen and oxygen atoms in total. The van der Waals surface area contributed by atoms with E-state index in [-0.39, 0.29) is 18.7 Å². The lowest BCUT2D eigenvalue weighted by molar-refractivity contribution is -0.185. The lowest BCUT2D eigenvalue weighted by Crippen LogP contribution is -2.43. The molecule has 7 heteroatoms. The number of halogens is 3. The van der Waals surface area contributed by atoms with Crippen LogP contribution < -0.4 is 0 Å². The predicted octanol–water partition coefficient (Wildman–Crippen LogP) is 1.51. The largest absolute Gasteiger partial charge is 0.391 e. The monoisotopic (exact) mass is 294 g/mol. The van der Waals surface area contributed by atoms with Crippen LogP contribution in [0.2, 0.25) is 0 Å². The van der Waals surface area contributed by atoms with Crippen LogP contribution in [-0.2, 0) is 9.53 Å². The topological polar surface area (TPSA) is 32.8 Å². The van der Waals surface area contributed by atoms with Crippen molar-refractivity contribution >= 4 is 5.91 Å². The van der Waals surface area contributed by atoms with E-state index in [1.165, 1.54) is 0 Å². The van der Waals surface area contributed by atoms with Gasteiger partial charge in [0.1, 0.15) is 0 Å². The molecule has 0 unspecified atom stereocenters. The van der Waals surface area contributed by atoms with E-state index in [4.69, 9.17) is 4.74 Å². The van der Waals surface area contributed by atoms with Gasteiger partial charge in [-0.15, -0.1) is 0 Å². The Morgan fingerprint density at radius 2 is 1.70 bits per heavy atom. The molecule has 20 heavy (non-hydrogen) atoms. The maximum Gasteiger partial charge on any atom is 0.391 e. The van der Waals surface area contributed by atoms with Gasteiger partial charge in [0.25, 0.3) is 0 Å². The fraction of sp³-hybridized carbons (Fsp3) is 0.923. The van der Waals surface area contributed by atoms with Crippen LogP contribution in [0.25, 0.3) is 0 Å². The van der Waals surface area contributed by atoms with Gasteiger partial charge in [-0.3, -0.25) is 4.79 Å². The van der Waals surface area contributed by atoms with Crippen molar-refractivity contribution in [3.8, 4) is 0 Å². The molecule has 0 bridgehead atoms. The number of likely N-dealkylation sites (tertiary alicyclic amines) is 1. The van der Waals surface area contributed by atoms with E-state index in [0.717, 1.165) is 0 Å². The van der Waals surface area contributed by atoms with Crippen LogP contribution >= 0.6 is 0 Å². The molecular weight excluding hydrogens is 273 g/mol. The highest BCUT2D eigenvalue weighted by atomic mass is 19.4. The molecule has 0 spiro atoms. The normalized spacial score (nSPS) is 23.1. The summed E-state index contributed by atoms with van der Waals surface area (Å²) < 4.78 is 42.8. The molecule has 2 fully saturated rings. The van der Waals surface area contributed by atoms with Crippen molar-refractivity contribution < 1.29 is 22.7 Å². The van der Waals surface area contributed by atoms with E-state index >= 15 is 0 Å². The van der Waals surface area contributed by atoms with E-state index in [9.17, 15) is 18.0 Å². The summed E-state index contributed by atoms with van der Waals surface area (Å²) in [4.78, 5) is 15.7. The Kier molecular flexibility index (Phi) is 5.26. The molecule has 0 aromatic heterocycles. The molecular formula is C13H21F3N2O2. The first kappa shape index (κ1) is 15.6. The summed E-state index contributed by atoms with van der Waals surface area (Å²) in [5.74, 6) is -1.10. The molecule has 2 aliphatic rings. The van der Waals surface area contributed by atoms with Crippen molar-refractivity contribution in [2.75, 3.05) is 45.9 Å². The van der Waals surface area contributed by atoms with E-state index in [1.54, 1.807) is 4.90 Å². The fourth-order valence-electron chi connectivity index (χ4n) is 2.71. The minimum Gasteiger partial charge on any atom is -0.378 e. The lowest BCUT2D eigenvalue weighted by atomic mass is 9.96. The van der Waals surface area contributed by atoms with Crippen LogP contribution in [0, 0.1) is 5.92 Å². The van der Waals surface area contributed by atoms with Crippen LogP contribution in [0.3, 0.4) is 0 Å². The molecule has 116 valence electrons. The Balaban J connectivity index is 1.67. The summed E-state index contributed by atoms with van der Waals surface area (Å²) in [7, 11) is 0. The Labute approximate surface area is 116 Å². The van der Waals surface area contributed by atoms with Crippen molar-refractivity contribution in [3.63, 3.8) is 0 Å². The summed E-state index contributed by atoms with van der Waals surface area (Å²) in [5, 5.41) is 0. The van der Waals surface area contributed by atoms with Gasteiger partial charge in [0.15, 0.2) is 0 Å². The number of alkyl halides is 3. The lowest BCUT2D eigenvalue weighted by Gasteiger charge is -2.33. The Hall–Kier alpha value is -0.820. The SMILES string of the molecule is O=C(CCN1CCC(C(F)(F)F)CC1)N1CCOCC1. The van der Waals surface area contributed by atoms with Gasteiger partial charge < -0.3 is 14.5 Å². The van der Waals surface area contributed by atoms with Gasteiger partial charge in [-0.05, 0) is 25.9 Å². The standard InChI is InChI=1S/C13H21F3N2O2/c14-13(15,16)11-1-4-17(5-2-11)6-3-12(19)18-7-9-20-10-8-18/h11H,1-10H2.